The molecule has 1 aromatic carbocycles. The predicted octanol–water partition coefficient (Wildman–Crippen LogP) is 1.26. The first kappa shape index (κ1) is 14.2. The number of phenols is 1. The maximum absolute atomic E-state index is 11.8. The van der Waals surface area contributed by atoms with Crippen LogP contribution in [0.5, 0.6) is 11.5 Å². The molecule has 0 atom stereocenters. The number of hydrogen-bond acceptors (Lipinski definition) is 6. The van der Waals surface area contributed by atoms with E-state index in [1.165, 1.54) is 24.9 Å². The van der Waals surface area contributed by atoms with Gasteiger partial charge in [0, 0.05) is 18.8 Å². The van der Waals surface area contributed by atoms with E-state index in [9.17, 15) is 9.90 Å². The second-order valence-corrected chi connectivity index (χ2v) is 4.89. The Morgan fingerprint density at radius 2 is 2.35 bits per heavy atom. The van der Waals surface area contributed by atoms with E-state index >= 15 is 0 Å². The topological polar surface area (TPSA) is 89.3 Å². The summed E-state index contributed by atoms with van der Waals surface area (Å²) in [5.41, 5.74) is 0.559. The lowest BCUT2D eigenvalue weighted by molar-refractivity contribution is -0.113. The fourth-order valence-corrected chi connectivity index (χ4v) is 2.17. The van der Waals surface area contributed by atoms with Gasteiger partial charge in [-0.3, -0.25) is 4.79 Å². The Morgan fingerprint density at radius 1 is 1.55 bits per heavy atom. The van der Waals surface area contributed by atoms with Crippen LogP contribution < -0.4 is 10.1 Å². The summed E-state index contributed by atoms with van der Waals surface area (Å²) in [6.07, 6.45) is 1.57. The molecule has 7 nitrogen and oxygen atoms in total. The Hall–Kier alpha value is -2.22. The molecule has 0 radical (unpaired) electrons. The van der Waals surface area contributed by atoms with Crippen LogP contribution in [0.2, 0.25) is 0 Å². The average molecular weight is 294 g/mol. The number of carbonyl (C=O) groups is 1. The number of aromatic hydroxyl groups is 1. The molecule has 106 valence electrons. The molecular weight excluding hydrogens is 280 g/mol. The van der Waals surface area contributed by atoms with Crippen LogP contribution >= 0.6 is 11.8 Å². The van der Waals surface area contributed by atoms with Crippen molar-refractivity contribution in [2.75, 3.05) is 18.2 Å². The van der Waals surface area contributed by atoms with Gasteiger partial charge in [0.25, 0.3) is 0 Å². The number of nitrogens with one attached hydrogen (secondary N) is 1. The quantitative estimate of drug-likeness (QED) is 0.637. The summed E-state index contributed by atoms with van der Waals surface area (Å²) in [5.74, 6) is 0.379. The first-order valence-electron chi connectivity index (χ1n) is 5.74. The molecule has 0 aliphatic carbocycles. The van der Waals surface area contributed by atoms with Gasteiger partial charge in [-0.2, -0.15) is 0 Å². The van der Waals surface area contributed by atoms with Gasteiger partial charge in [0.1, 0.15) is 6.33 Å². The van der Waals surface area contributed by atoms with Gasteiger partial charge >= 0.3 is 0 Å². The van der Waals surface area contributed by atoms with E-state index in [4.69, 9.17) is 4.74 Å². The molecule has 2 rings (SSSR count). The fourth-order valence-electron chi connectivity index (χ4n) is 1.49. The van der Waals surface area contributed by atoms with Crippen molar-refractivity contribution in [3.63, 3.8) is 0 Å². The number of benzene rings is 1. The number of nitrogens with zero attached hydrogens (tertiary/aromatic N) is 3. The summed E-state index contributed by atoms with van der Waals surface area (Å²) in [6.45, 7) is 0. The van der Waals surface area contributed by atoms with Gasteiger partial charge in [-0.05, 0) is 12.1 Å². The third-order valence-corrected chi connectivity index (χ3v) is 3.50. The van der Waals surface area contributed by atoms with Crippen molar-refractivity contribution in [3.05, 3.63) is 24.5 Å². The first-order chi connectivity index (χ1) is 9.60. The molecule has 20 heavy (non-hydrogen) atoms. The molecular formula is C12H14N4O3S. The molecule has 0 bridgehead atoms. The van der Waals surface area contributed by atoms with Crippen LogP contribution in [-0.2, 0) is 11.8 Å². The molecule has 0 saturated carbocycles. The van der Waals surface area contributed by atoms with Gasteiger partial charge in [0.15, 0.2) is 16.7 Å². The molecule has 0 fully saturated rings. The van der Waals surface area contributed by atoms with Crippen molar-refractivity contribution in [3.8, 4) is 11.5 Å². The van der Waals surface area contributed by atoms with E-state index in [1.54, 1.807) is 23.0 Å². The summed E-state index contributed by atoms with van der Waals surface area (Å²) < 4.78 is 6.71. The molecule has 0 unspecified atom stereocenters. The Balaban J connectivity index is 1.93. The van der Waals surface area contributed by atoms with Crippen LogP contribution in [0.3, 0.4) is 0 Å². The number of hydrogen-bond donors (Lipinski definition) is 2. The average Bonchev–Trinajstić information content (AvgIpc) is 2.84. The molecule has 2 N–H and O–H groups in total. The lowest BCUT2D eigenvalue weighted by atomic mass is 10.3. The van der Waals surface area contributed by atoms with Crippen LogP contribution in [0, 0.1) is 0 Å². The van der Waals surface area contributed by atoms with Crippen LogP contribution in [0.1, 0.15) is 0 Å². The molecule has 1 amide bonds. The zero-order valence-corrected chi connectivity index (χ0v) is 11.8. The van der Waals surface area contributed by atoms with Gasteiger partial charge in [0.2, 0.25) is 5.91 Å². The fraction of sp³-hybridized carbons (Fsp3) is 0.250. The number of methoxy groups -OCH3 is 1. The van der Waals surface area contributed by atoms with E-state index in [0.29, 0.717) is 16.6 Å². The molecule has 1 aromatic heterocycles. The van der Waals surface area contributed by atoms with Crippen molar-refractivity contribution in [2.45, 2.75) is 5.16 Å². The van der Waals surface area contributed by atoms with Gasteiger partial charge in [-0.15, -0.1) is 10.2 Å². The van der Waals surface area contributed by atoms with Crippen molar-refractivity contribution in [2.24, 2.45) is 7.05 Å². The Bertz CT molecular complexity index is 614. The highest BCUT2D eigenvalue weighted by atomic mass is 32.2. The monoisotopic (exact) mass is 294 g/mol. The SMILES string of the molecule is COc1cc(NC(=O)CSc2nncn2C)ccc1O. The maximum Gasteiger partial charge on any atom is 0.234 e. The second kappa shape index (κ2) is 6.29. The first-order valence-corrected chi connectivity index (χ1v) is 6.72. The van der Waals surface area contributed by atoms with Crippen molar-refractivity contribution in [1.29, 1.82) is 0 Å². The van der Waals surface area contributed by atoms with Crippen LogP contribution in [0.25, 0.3) is 0 Å². The Labute approximate surface area is 120 Å². The molecule has 0 aliphatic heterocycles. The summed E-state index contributed by atoms with van der Waals surface area (Å²) in [4.78, 5) is 11.8. The van der Waals surface area contributed by atoms with Crippen LogP contribution in [0.4, 0.5) is 5.69 Å². The Morgan fingerprint density at radius 3 is 3.00 bits per heavy atom. The number of anilines is 1. The number of carbonyl (C=O) groups excluding carboxylic acids is 1. The lowest BCUT2D eigenvalue weighted by Gasteiger charge is -2.08. The van der Waals surface area contributed by atoms with Crippen molar-refractivity contribution < 1.29 is 14.6 Å². The van der Waals surface area contributed by atoms with Gasteiger partial charge in [-0.25, -0.2) is 0 Å². The molecule has 8 heteroatoms. The van der Waals surface area contributed by atoms with E-state index in [-0.39, 0.29) is 17.4 Å². The molecule has 0 saturated heterocycles. The number of ether oxygens (including phenoxy) is 1. The highest BCUT2D eigenvalue weighted by Gasteiger charge is 2.09. The van der Waals surface area contributed by atoms with E-state index in [0.717, 1.165) is 0 Å². The van der Waals surface area contributed by atoms with Crippen molar-refractivity contribution >= 4 is 23.4 Å². The minimum Gasteiger partial charge on any atom is -0.504 e. The number of thioether (sulfide) groups is 1. The van der Waals surface area contributed by atoms with Crippen LogP contribution in [0.15, 0.2) is 29.7 Å². The normalized spacial score (nSPS) is 10.3. The molecule has 0 aliphatic rings. The van der Waals surface area contributed by atoms with Gasteiger partial charge in [0.05, 0.1) is 12.9 Å². The molecule has 1 heterocycles. The van der Waals surface area contributed by atoms with E-state index < -0.39 is 0 Å². The predicted molar refractivity (Wildman–Crippen MR) is 75.0 cm³/mol. The maximum atomic E-state index is 11.8. The number of phenolic OH excluding ortho intramolecular Hbond substituents is 1. The zero-order chi connectivity index (χ0) is 14.5. The minimum absolute atomic E-state index is 0.0268. The number of amides is 1. The third-order valence-electron chi connectivity index (χ3n) is 2.47. The second-order valence-electron chi connectivity index (χ2n) is 3.95. The van der Waals surface area contributed by atoms with E-state index in [1.807, 2.05) is 7.05 Å². The van der Waals surface area contributed by atoms with Crippen LogP contribution in [-0.4, -0.2) is 38.6 Å². The number of aromatic nitrogens is 3. The molecule has 2 aromatic rings. The summed E-state index contributed by atoms with van der Waals surface area (Å²) in [5, 5.41) is 20.5. The van der Waals surface area contributed by atoms with E-state index in [2.05, 4.69) is 15.5 Å². The highest BCUT2D eigenvalue weighted by molar-refractivity contribution is 7.99. The smallest absolute Gasteiger partial charge is 0.234 e. The summed E-state index contributed by atoms with van der Waals surface area (Å²) >= 11 is 1.29. The standard InChI is InChI=1S/C12H14N4O3S/c1-16-7-13-15-12(16)20-6-11(18)14-8-3-4-9(17)10(5-8)19-2/h3-5,7,17H,6H2,1-2H3,(H,14,18). The summed E-state index contributed by atoms with van der Waals surface area (Å²) in [7, 11) is 3.26. The Kier molecular flexibility index (Phi) is 4.46. The number of aryl methyl sites for hydroxylation is 1. The number of rotatable bonds is 5. The zero-order valence-electron chi connectivity index (χ0n) is 11.0. The lowest BCUT2D eigenvalue weighted by Crippen LogP contribution is -2.14. The highest BCUT2D eigenvalue weighted by Crippen LogP contribution is 2.28. The molecule has 0 spiro atoms. The third kappa shape index (κ3) is 3.41. The van der Waals surface area contributed by atoms with Gasteiger partial charge in [-0.1, -0.05) is 11.8 Å². The van der Waals surface area contributed by atoms with Gasteiger partial charge < -0.3 is 19.7 Å². The van der Waals surface area contributed by atoms with Crippen molar-refractivity contribution in [1.82, 2.24) is 14.8 Å². The largest absolute Gasteiger partial charge is 0.504 e. The minimum atomic E-state index is -0.175. The summed E-state index contributed by atoms with van der Waals surface area (Å²) in [6, 6.07) is 4.62.